The minimum Gasteiger partial charge on any atom is -0.481 e. The maximum Gasteiger partial charge on any atom is 0.305 e. The van der Waals surface area contributed by atoms with Crippen molar-refractivity contribution in [3.8, 4) is 23.5 Å². The van der Waals surface area contributed by atoms with Gasteiger partial charge < -0.3 is 15.0 Å². The van der Waals surface area contributed by atoms with E-state index in [4.69, 9.17) is 6.42 Å². The Kier molecular flexibility index (Phi) is 8.67. The van der Waals surface area contributed by atoms with E-state index in [1.165, 1.54) is 16.8 Å². The van der Waals surface area contributed by atoms with E-state index >= 15 is 0 Å². The Balaban J connectivity index is 2.06. The van der Waals surface area contributed by atoms with Crippen LogP contribution in [0.2, 0.25) is 0 Å². The lowest BCUT2D eigenvalue weighted by molar-refractivity contribution is -0.138. The van der Waals surface area contributed by atoms with Crippen LogP contribution in [0.4, 0.5) is 0 Å². The molecular weight excluding hydrogens is 466 g/mol. The number of aliphatic carboxylic acids is 1. The van der Waals surface area contributed by atoms with Gasteiger partial charge in [0, 0.05) is 24.0 Å². The molecule has 7 nitrogen and oxygen atoms in total. The maximum absolute atomic E-state index is 13.6. The van der Waals surface area contributed by atoms with Crippen molar-refractivity contribution in [1.29, 1.82) is 0 Å². The predicted molar refractivity (Wildman–Crippen MR) is 144 cm³/mol. The third-order valence-corrected chi connectivity index (χ3v) is 6.33. The van der Waals surface area contributed by atoms with Gasteiger partial charge in [-0.3, -0.25) is 14.4 Å². The largest absolute Gasteiger partial charge is 0.481 e. The molecule has 1 amide bonds. The first-order valence-electron chi connectivity index (χ1n) is 12.3. The molecule has 0 saturated carbocycles. The van der Waals surface area contributed by atoms with Crippen LogP contribution in [0, 0.1) is 39.0 Å². The van der Waals surface area contributed by atoms with Crippen LogP contribution < -0.4 is 10.9 Å². The standard InChI is InChI=1S/C30H33N3O4/c1-7-24-23(29-20(5)9-8-10-21(29)6)15-22(17-31-24)25(16-28(35)36)32-30(37)26(13-18(2)3)33-12-11-19(4)14-27(33)34/h1,8-12,14-15,17-18,25-26H,13,16H2,2-6H3,(H,32,37)(H,35,36)/t25-,26-/m1/s1. The van der Waals surface area contributed by atoms with Gasteiger partial charge in [-0.1, -0.05) is 32.0 Å². The number of pyridine rings is 2. The number of nitrogens with one attached hydrogen (secondary N) is 1. The van der Waals surface area contributed by atoms with E-state index in [1.807, 2.05) is 52.8 Å². The van der Waals surface area contributed by atoms with E-state index in [-0.39, 0.29) is 17.9 Å². The molecule has 0 bridgehead atoms. The number of carboxylic acids is 1. The Bertz CT molecular complexity index is 1390. The van der Waals surface area contributed by atoms with Crippen molar-refractivity contribution in [2.24, 2.45) is 5.92 Å². The van der Waals surface area contributed by atoms with E-state index in [2.05, 4.69) is 16.2 Å². The van der Waals surface area contributed by atoms with Crippen molar-refractivity contribution in [3.05, 3.63) is 87.1 Å². The second-order valence-electron chi connectivity index (χ2n) is 9.83. The average Bonchev–Trinajstić information content (AvgIpc) is 2.82. The summed E-state index contributed by atoms with van der Waals surface area (Å²) in [7, 11) is 0. The maximum atomic E-state index is 13.6. The van der Waals surface area contributed by atoms with Gasteiger partial charge in [0.25, 0.3) is 5.56 Å². The number of carboxylic acid groups (broad SMARTS) is 1. The third-order valence-electron chi connectivity index (χ3n) is 6.33. The van der Waals surface area contributed by atoms with Crippen molar-refractivity contribution in [2.75, 3.05) is 0 Å². The van der Waals surface area contributed by atoms with Crippen LogP contribution in [0.15, 0.2) is 53.6 Å². The molecule has 37 heavy (non-hydrogen) atoms. The minimum absolute atomic E-state index is 0.120. The van der Waals surface area contributed by atoms with Gasteiger partial charge in [-0.2, -0.15) is 0 Å². The zero-order chi connectivity index (χ0) is 27.3. The summed E-state index contributed by atoms with van der Waals surface area (Å²) in [6.07, 6.45) is 8.92. The molecule has 2 atom stereocenters. The van der Waals surface area contributed by atoms with E-state index < -0.39 is 24.0 Å². The van der Waals surface area contributed by atoms with Gasteiger partial charge in [0.05, 0.1) is 12.5 Å². The lowest BCUT2D eigenvalue weighted by Crippen LogP contribution is -2.40. The molecule has 1 aromatic carbocycles. The molecule has 3 rings (SSSR count). The van der Waals surface area contributed by atoms with E-state index in [9.17, 15) is 19.5 Å². The molecule has 0 spiro atoms. The van der Waals surface area contributed by atoms with Gasteiger partial charge in [0.1, 0.15) is 11.7 Å². The topological polar surface area (TPSA) is 101 Å². The highest BCUT2D eigenvalue weighted by Crippen LogP contribution is 2.32. The van der Waals surface area contributed by atoms with Crippen molar-refractivity contribution < 1.29 is 14.7 Å². The fourth-order valence-corrected chi connectivity index (χ4v) is 4.55. The van der Waals surface area contributed by atoms with Crippen molar-refractivity contribution in [2.45, 2.75) is 59.5 Å². The summed E-state index contributed by atoms with van der Waals surface area (Å²) in [4.78, 5) is 42.5. The number of carbonyl (C=O) groups excluding carboxylic acids is 1. The Hall–Kier alpha value is -4.18. The zero-order valence-electron chi connectivity index (χ0n) is 21.9. The number of amides is 1. The second kappa shape index (κ2) is 11.7. The number of benzene rings is 1. The molecular formula is C30H33N3O4. The molecule has 0 aliphatic carbocycles. The lowest BCUT2D eigenvalue weighted by Gasteiger charge is -2.25. The number of nitrogens with zero attached hydrogens (tertiary/aromatic N) is 2. The number of rotatable bonds is 9. The first-order chi connectivity index (χ1) is 17.5. The number of hydrogen-bond donors (Lipinski definition) is 2. The van der Waals surface area contributed by atoms with Crippen molar-refractivity contribution in [1.82, 2.24) is 14.9 Å². The van der Waals surface area contributed by atoms with Crippen molar-refractivity contribution in [3.63, 3.8) is 0 Å². The first kappa shape index (κ1) is 27.4. The quantitative estimate of drug-likeness (QED) is 0.414. The fourth-order valence-electron chi connectivity index (χ4n) is 4.55. The number of terminal acetylenes is 1. The Labute approximate surface area is 217 Å². The average molecular weight is 500 g/mol. The summed E-state index contributed by atoms with van der Waals surface area (Å²) < 4.78 is 1.40. The number of carbonyl (C=O) groups is 2. The molecule has 7 heteroatoms. The summed E-state index contributed by atoms with van der Waals surface area (Å²) in [5.41, 5.74) is 5.11. The SMILES string of the molecule is C#Cc1ncc([C@@H](CC(=O)O)NC(=O)[C@@H](CC(C)C)n2ccc(C)cc2=O)cc1-c1c(C)cccc1C. The molecule has 0 saturated heterocycles. The van der Waals surface area contributed by atoms with Gasteiger partial charge in [-0.25, -0.2) is 4.98 Å². The fraction of sp³-hybridized carbons (Fsp3) is 0.333. The van der Waals surface area contributed by atoms with Crippen LogP contribution >= 0.6 is 0 Å². The molecule has 0 unspecified atom stereocenters. The predicted octanol–water partition coefficient (Wildman–Crippen LogP) is 4.74. The van der Waals surface area contributed by atoms with Crippen LogP contribution in [0.5, 0.6) is 0 Å². The molecule has 3 aromatic rings. The molecule has 0 aliphatic heterocycles. The molecule has 2 N–H and O–H groups in total. The van der Waals surface area contributed by atoms with Crippen LogP contribution in [-0.4, -0.2) is 26.5 Å². The molecule has 0 fully saturated rings. The smallest absolute Gasteiger partial charge is 0.305 e. The number of hydrogen-bond acceptors (Lipinski definition) is 4. The van der Waals surface area contributed by atoms with Gasteiger partial charge in [0.15, 0.2) is 0 Å². The first-order valence-corrected chi connectivity index (χ1v) is 12.3. The zero-order valence-corrected chi connectivity index (χ0v) is 21.9. The number of aryl methyl sites for hydroxylation is 3. The monoisotopic (exact) mass is 499 g/mol. The minimum atomic E-state index is -1.08. The van der Waals surface area contributed by atoms with Crippen LogP contribution in [0.25, 0.3) is 11.1 Å². The summed E-state index contributed by atoms with van der Waals surface area (Å²) in [5.74, 6) is 1.23. The summed E-state index contributed by atoms with van der Waals surface area (Å²) in [6, 6.07) is 9.30. The molecule has 2 heterocycles. The second-order valence-corrected chi connectivity index (χ2v) is 9.83. The van der Waals surface area contributed by atoms with Crippen molar-refractivity contribution >= 4 is 11.9 Å². The Morgan fingerprint density at radius 3 is 2.38 bits per heavy atom. The molecule has 2 aromatic heterocycles. The third kappa shape index (κ3) is 6.53. The Morgan fingerprint density at radius 1 is 1.14 bits per heavy atom. The number of aromatic nitrogens is 2. The lowest BCUT2D eigenvalue weighted by atomic mass is 9.92. The highest BCUT2D eigenvalue weighted by molar-refractivity contribution is 5.82. The highest BCUT2D eigenvalue weighted by atomic mass is 16.4. The van der Waals surface area contributed by atoms with E-state index in [0.29, 0.717) is 23.2 Å². The van der Waals surface area contributed by atoms with Crippen LogP contribution in [-0.2, 0) is 9.59 Å². The summed E-state index contributed by atoms with van der Waals surface area (Å²) >= 11 is 0. The van der Waals surface area contributed by atoms with Crippen LogP contribution in [0.3, 0.4) is 0 Å². The summed E-state index contributed by atoms with van der Waals surface area (Å²) in [5, 5.41) is 12.5. The van der Waals surface area contributed by atoms with Gasteiger partial charge in [0.2, 0.25) is 5.91 Å². The van der Waals surface area contributed by atoms with Crippen LogP contribution in [0.1, 0.15) is 66.7 Å². The van der Waals surface area contributed by atoms with Gasteiger partial charge in [-0.05, 0) is 79.0 Å². The van der Waals surface area contributed by atoms with Gasteiger partial charge >= 0.3 is 5.97 Å². The highest BCUT2D eigenvalue weighted by Gasteiger charge is 2.27. The van der Waals surface area contributed by atoms with E-state index in [0.717, 1.165) is 22.3 Å². The van der Waals surface area contributed by atoms with Gasteiger partial charge in [-0.15, -0.1) is 6.42 Å². The molecule has 0 aliphatic rings. The Morgan fingerprint density at radius 2 is 1.81 bits per heavy atom. The molecule has 192 valence electrons. The molecule has 0 radical (unpaired) electrons. The summed E-state index contributed by atoms with van der Waals surface area (Å²) in [6.45, 7) is 9.69. The van der Waals surface area contributed by atoms with E-state index in [1.54, 1.807) is 18.3 Å². The normalized spacial score (nSPS) is 12.6.